The minimum absolute atomic E-state index is 0.000990. The molecule has 0 radical (unpaired) electrons. The van der Waals surface area contributed by atoms with Crippen LogP contribution in [-0.2, 0) is 4.79 Å². The highest BCUT2D eigenvalue weighted by Crippen LogP contribution is 2.25. The fourth-order valence-corrected chi connectivity index (χ4v) is 2.35. The van der Waals surface area contributed by atoms with Crippen molar-refractivity contribution in [2.24, 2.45) is 5.73 Å². The first-order valence-electron chi connectivity index (χ1n) is 6.17. The molecular weight excluding hydrogens is 260 g/mol. The number of anilines is 1. The first-order chi connectivity index (χ1) is 8.82. The molecule has 2 heterocycles. The zero-order valence-corrected chi connectivity index (χ0v) is 12.2. The molecule has 19 heavy (non-hydrogen) atoms. The third-order valence-electron chi connectivity index (χ3n) is 3.35. The first-order valence-corrected chi connectivity index (χ1v) is 6.57. The number of nitrogens with zero attached hydrogens (tertiary/aromatic N) is 2. The Kier molecular flexibility index (Phi) is 3.45. The van der Waals surface area contributed by atoms with Crippen molar-refractivity contribution < 1.29 is 4.79 Å². The lowest BCUT2D eigenvalue weighted by Crippen LogP contribution is -2.62. The molecule has 0 bridgehead atoms. The summed E-state index contributed by atoms with van der Waals surface area (Å²) in [5, 5.41) is 2.87. The van der Waals surface area contributed by atoms with E-state index in [0.29, 0.717) is 18.1 Å². The standard InChI is InChI=1S/C13H18N4OS/c1-8-6-9(11(14)19)7-10(16-8)17-5-4-15-12(18)13(17,2)3/h6-7H,4-5H2,1-3H3,(H2,14,19)(H,15,18). The summed E-state index contributed by atoms with van der Waals surface area (Å²) in [6.45, 7) is 6.98. The van der Waals surface area contributed by atoms with E-state index in [0.717, 1.165) is 17.1 Å². The maximum Gasteiger partial charge on any atom is 0.245 e. The zero-order chi connectivity index (χ0) is 14.2. The summed E-state index contributed by atoms with van der Waals surface area (Å²) < 4.78 is 0. The number of amides is 1. The van der Waals surface area contributed by atoms with Crippen molar-refractivity contribution in [3.8, 4) is 0 Å². The number of nitrogens with two attached hydrogens (primary N) is 1. The quantitative estimate of drug-likeness (QED) is 0.781. The highest BCUT2D eigenvalue weighted by Gasteiger charge is 2.38. The number of piperazine rings is 1. The minimum Gasteiger partial charge on any atom is -0.389 e. The fourth-order valence-electron chi connectivity index (χ4n) is 2.23. The van der Waals surface area contributed by atoms with E-state index in [9.17, 15) is 4.79 Å². The highest BCUT2D eigenvalue weighted by molar-refractivity contribution is 7.80. The molecule has 1 fully saturated rings. The van der Waals surface area contributed by atoms with Crippen molar-refractivity contribution in [3.63, 3.8) is 0 Å². The van der Waals surface area contributed by atoms with Crippen LogP contribution in [0.4, 0.5) is 5.82 Å². The average molecular weight is 278 g/mol. The van der Waals surface area contributed by atoms with Gasteiger partial charge in [0.25, 0.3) is 0 Å². The van der Waals surface area contributed by atoms with E-state index in [1.165, 1.54) is 0 Å². The molecule has 3 N–H and O–H groups in total. The minimum atomic E-state index is -0.632. The molecule has 1 aromatic rings. The van der Waals surface area contributed by atoms with E-state index in [1.807, 2.05) is 37.8 Å². The lowest BCUT2D eigenvalue weighted by atomic mass is 9.98. The van der Waals surface area contributed by atoms with Crippen molar-refractivity contribution >= 4 is 28.9 Å². The van der Waals surface area contributed by atoms with Gasteiger partial charge in [-0.2, -0.15) is 0 Å². The van der Waals surface area contributed by atoms with Gasteiger partial charge < -0.3 is 16.0 Å². The molecule has 1 aromatic heterocycles. The maximum absolute atomic E-state index is 12.0. The fraction of sp³-hybridized carbons (Fsp3) is 0.462. The molecule has 0 aliphatic carbocycles. The highest BCUT2D eigenvalue weighted by atomic mass is 32.1. The van der Waals surface area contributed by atoms with Gasteiger partial charge in [0, 0.05) is 24.3 Å². The Labute approximate surface area is 118 Å². The number of pyridine rings is 1. The number of carbonyl (C=O) groups is 1. The van der Waals surface area contributed by atoms with Gasteiger partial charge in [-0.1, -0.05) is 12.2 Å². The summed E-state index contributed by atoms with van der Waals surface area (Å²) in [6.07, 6.45) is 0. The van der Waals surface area contributed by atoms with E-state index in [4.69, 9.17) is 18.0 Å². The van der Waals surface area contributed by atoms with E-state index < -0.39 is 5.54 Å². The van der Waals surface area contributed by atoms with Crippen LogP contribution in [0.1, 0.15) is 25.1 Å². The number of hydrogen-bond donors (Lipinski definition) is 2. The molecule has 0 unspecified atom stereocenters. The first kappa shape index (κ1) is 13.7. The van der Waals surface area contributed by atoms with Gasteiger partial charge in [0.1, 0.15) is 16.3 Å². The molecule has 0 spiro atoms. The Morgan fingerprint density at radius 3 is 2.84 bits per heavy atom. The smallest absolute Gasteiger partial charge is 0.245 e. The monoisotopic (exact) mass is 278 g/mol. The summed E-state index contributed by atoms with van der Waals surface area (Å²) in [4.78, 5) is 18.8. The predicted octanol–water partition coefficient (Wildman–Crippen LogP) is 0.739. The van der Waals surface area contributed by atoms with E-state index in [-0.39, 0.29) is 5.91 Å². The third kappa shape index (κ3) is 2.53. The van der Waals surface area contributed by atoms with Crippen LogP contribution < -0.4 is 16.0 Å². The molecule has 1 amide bonds. The Morgan fingerprint density at radius 2 is 2.21 bits per heavy atom. The zero-order valence-electron chi connectivity index (χ0n) is 11.4. The van der Waals surface area contributed by atoms with Gasteiger partial charge in [-0.05, 0) is 32.9 Å². The normalized spacial score (nSPS) is 18.1. The Balaban J connectivity index is 2.46. The van der Waals surface area contributed by atoms with Gasteiger partial charge in [-0.3, -0.25) is 4.79 Å². The number of aryl methyl sites for hydroxylation is 1. The lowest BCUT2D eigenvalue weighted by Gasteiger charge is -2.42. The van der Waals surface area contributed by atoms with Gasteiger partial charge in [0.15, 0.2) is 0 Å². The van der Waals surface area contributed by atoms with Crippen molar-refractivity contribution in [1.82, 2.24) is 10.3 Å². The molecule has 0 saturated carbocycles. The predicted molar refractivity (Wildman–Crippen MR) is 79.3 cm³/mol. The summed E-state index contributed by atoms with van der Waals surface area (Å²) in [6, 6.07) is 3.69. The summed E-state index contributed by atoms with van der Waals surface area (Å²) in [5.74, 6) is 0.738. The largest absolute Gasteiger partial charge is 0.389 e. The second-order valence-electron chi connectivity index (χ2n) is 5.19. The molecule has 6 heteroatoms. The SMILES string of the molecule is Cc1cc(C(N)=S)cc(N2CCNC(=O)C2(C)C)n1. The van der Waals surface area contributed by atoms with Crippen LogP contribution in [0.2, 0.25) is 0 Å². The number of aromatic nitrogens is 1. The van der Waals surface area contributed by atoms with Crippen LogP contribution >= 0.6 is 12.2 Å². The molecule has 102 valence electrons. The third-order valence-corrected chi connectivity index (χ3v) is 3.59. The molecule has 1 saturated heterocycles. The number of nitrogens with one attached hydrogen (secondary N) is 1. The Hall–Kier alpha value is -1.69. The molecule has 1 aliphatic heterocycles. The van der Waals surface area contributed by atoms with Crippen molar-refractivity contribution in [3.05, 3.63) is 23.4 Å². The van der Waals surface area contributed by atoms with Crippen LogP contribution in [0.5, 0.6) is 0 Å². The Bertz CT molecular complexity index is 541. The maximum atomic E-state index is 12.0. The molecule has 0 aromatic carbocycles. The average Bonchev–Trinajstić information content (AvgIpc) is 2.31. The molecule has 2 rings (SSSR count). The molecule has 5 nitrogen and oxygen atoms in total. The van der Waals surface area contributed by atoms with Gasteiger partial charge in [0.05, 0.1) is 0 Å². The number of carbonyl (C=O) groups excluding carboxylic acids is 1. The lowest BCUT2D eigenvalue weighted by molar-refractivity contribution is -0.126. The topological polar surface area (TPSA) is 71.2 Å². The molecule has 1 aliphatic rings. The second kappa shape index (κ2) is 4.77. The van der Waals surface area contributed by atoms with Gasteiger partial charge in [-0.25, -0.2) is 4.98 Å². The second-order valence-corrected chi connectivity index (χ2v) is 5.63. The Morgan fingerprint density at radius 1 is 1.53 bits per heavy atom. The van der Waals surface area contributed by atoms with Crippen LogP contribution in [0.15, 0.2) is 12.1 Å². The summed E-state index contributed by atoms with van der Waals surface area (Å²) >= 11 is 5.02. The number of hydrogen-bond acceptors (Lipinski definition) is 4. The van der Waals surface area contributed by atoms with E-state index in [2.05, 4.69) is 10.3 Å². The van der Waals surface area contributed by atoms with Crippen LogP contribution in [0.3, 0.4) is 0 Å². The van der Waals surface area contributed by atoms with Crippen molar-refractivity contribution in [2.45, 2.75) is 26.3 Å². The summed E-state index contributed by atoms with van der Waals surface area (Å²) in [5.41, 5.74) is 6.66. The van der Waals surface area contributed by atoms with Gasteiger partial charge in [0.2, 0.25) is 5.91 Å². The van der Waals surface area contributed by atoms with Crippen LogP contribution in [0, 0.1) is 6.92 Å². The summed E-state index contributed by atoms with van der Waals surface area (Å²) in [7, 11) is 0. The van der Waals surface area contributed by atoms with Gasteiger partial charge >= 0.3 is 0 Å². The molecular formula is C13H18N4OS. The van der Waals surface area contributed by atoms with Crippen LogP contribution in [-0.4, -0.2) is 34.5 Å². The van der Waals surface area contributed by atoms with Crippen molar-refractivity contribution in [2.75, 3.05) is 18.0 Å². The molecule has 0 atom stereocenters. The number of thiocarbonyl (C=S) groups is 1. The van der Waals surface area contributed by atoms with Gasteiger partial charge in [-0.15, -0.1) is 0 Å². The van der Waals surface area contributed by atoms with Crippen molar-refractivity contribution in [1.29, 1.82) is 0 Å². The van der Waals surface area contributed by atoms with E-state index >= 15 is 0 Å². The number of rotatable bonds is 2. The van der Waals surface area contributed by atoms with E-state index in [1.54, 1.807) is 0 Å². The van der Waals surface area contributed by atoms with Crippen LogP contribution in [0.25, 0.3) is 0 Å².